The van der Waals surface area contributed by atoms with E-state index in [1.165, 1.54) is 12.1 Å². The van der Waals surface area contributed by atoms with Crippen LogP contribution in [0, 0.1) is 6.92 Å². The van der Waals surface area contributed by atoms with Crippen molar-refractivity contribution >= 4 is 38.5 Å². The van der Waals surface area contributed by atoms with Gasteiger partial charge < -0.3 is 9.32 Å². The number of aryl methyl sites for hydroxylation is 1. The molecule has 0 spiro atoms. The fraction of sp³-hybridized carbons (Fsp3) is 0.200. The molecule has 4 rings (SSSR count). The van der Waals surface area contributed by atoms with Gasteiger partial charge >= 0.3 is 5.91 Å². The first-order chi connectivity index (χ1) is 13.9. The normalized spacial score (nSPS) is 14.5. The highest BCUT2D eigenvalue weighted by molar-refractivity contribution is 7.89. The number of sulfonamides is 1. The molecule has 9 heteroatoms. The van der Waals surface area contributed by atoms with Crippen LogP contribution in [0.2, 0.25) is 0 Å². The summed E-state index contributed by atoms with van der Waals surface area (Å²) in [7, 11) is -3.99. The number of benzene rings is 2. The monoisotopic (exact) mass is 413 g/mol. The van der Waals surface area contributed by atoms with Gasteiger partial charge in [0, 0.05) is 29.6 Å². The van der Waals surface area contributed by atoms with Crippen LogP contribution in [0.3, 0.4) is 0 Å². The molecule has 0 unspecified atom stereocenters. The minimum atomic E-state index is -3.99. The number of carbonyl (C=O) groups is 2. The number of amides is 2. The largest absolute Gasteiger partial charge is 0.451 e. The Labute approximate surface area is 167 Å². The predicted molar refractivity (Wildman–Crippen MR) is 107 cm³/mol. The Bertz CT molecular complexity index is 1200. The second-order valence-electron chi connectivity index (χ2n) is 6.75. The number of hydrogen-bond donors (Lipinski definition) is 2. The van der Waals surface area contributed by atoms with Gasteiger partial charge in [-0.2, -0.15) is 0 Å². The van der Waals surface area contributed by atoms with Crippen LogP contribution >= 0.6 is 0 Å². The van der Waals surface area contributed by atoms with Crippen LogP contribution in [0.15, 0.2) is 57.8 Å². The Kier molecular flexibility index (Phi) is 4.85. The summed E-state index contributed by atoms with van der Waals surface area (Å²) in [6, 6.07) is 13.1. The van der Waals surface area contributed by atoms with Crippen molar-refractivity contribution < 1.29 is 22.4 Å². The second-order valence-corrected chi connectivity index (χ2v) is 8.44. The Morgan fingerprint density at radius 1 is 1.10 bits per heavy atom. The molecule has 1 fully saturated rings. The third-order valence-corrected chi connectivity index (χ3v) is 6.14. The number of nitrogens with one attached hydrogen (secondary N) is 2. The highest BCUT2D eigenvalue weighted by Gasteiger charge is 2.23. The van der Waals surface area contributed by atoms with E-state index in [0.29, 0.717) is 29.8 Å². The van der Waals surface area contributed by atoms with Crippen molar-refractivity contribution in [3.05, 3.63) is 59.9 Å². The first-order valence-corrected chi connectivity index (χ1v) is 10.6. The summed E-state index contributed by atoms with van der Waals surface area (Å²) in [5.41, 5.74) is 4.00. The molecule has 2 amide bonds. The van der Waals surface area contributed by atoms with E-state index in [-0.39, 0.29) is 16.6 Å². The molecule has 0 saturated carbocycles. The van der Waals surface area contributed by atoms with Gasteiger partial charge in [0.15, 0.2) is 5.76 Å². The number of nitrogens with zero attached hydrogens (tertiary/aromatic N) is 1. The fourth-order valence-corrected chi connectivity index (χ4v) is 4.19. The Morgan fingerprint density at radius 2 is 1.83 bits per heavy atom. The highest BCUT2D eigenvalue weighted by Crippen LogP contribution is 2.25. The first kappa shape index (κ1) is 19.2. The van der Waals surface area contributed by atoms with Crippen molar-refractivity contribution in [3.8, 4) is 0 Å². The SMILES string of the molecule is Cc1c(C(=O)NNS(=O)(=O)c2ccc(N3CCCC3=O)cc2)oc2ccccc12. The number of carbonyl (C=O) groups excluding carboxylic acids is 2. The van der Waals surface area contributed by atoms with Gasteiger partial charge in [-0.3, -0.25) is 15.0 Å². The maximum atomic E-state index is 12.5. The zero-order valence-electron chi connectivity index (χ0n) is 15.6. The van der Waals surface area contributed by atoms with Gasteiger partial charge in [-0.15, -0.1) is 4.83 Å². The van der Waals surface area contributed by atoms with Gasteiger partial charge in [0.25, 0.3) is 10.0 Å². The lowest BCUT2D eigenvalue weighted by Gasteiger charge is -2.16. The van der Waals surface area contributed by atoms with Crippen LogP contribution in [0.1, 0.15) is 29.0 Å². The van der Waals surface area contributed by atoms with Gasteiger partial charge in [-0.1, -0.05) is 18.2 Å². The van der Waals surface area contributed by atoms with Gasteiger partial charge in [0.05, 0.1) is 4.90 Å². The molecule has 2 heterocycles. The molecule has 0 radical (unpaired) electrons. The molecule has 1 aliphatic rings. The van der Waals surface area contributed by atoms with Gasteiger partial charge in [-0.05, 0) is 43.7 Å². The molecule has 29 heavy (non-hydrogen) atoms. The molecule has 8 nitrogen and oxygen atoms in total. The average molecular weight is 413 g/mol. The zero-order valence-corrected chi connectivity index (χ0v) is 16.5. The van der Waals surface area contributed by atoms with E-state index in [9.17, 15) is 18.0 Å². The molecule has 2 aromatic carbocycles. The summed E-state index contributed by atoms with van der Waals surface area (Å²) in [5.74, 6) is -0.634. The number of hydrazine groups is 1. The lowest BCUT2D eigenvalue weighted by molar-refractivity contribution is -0.117. The molecule has 3 aromatic rings. The highest BCUT2D eigenvalue weighted by atomic mass is 32.2. The van der Waals surface area contributed by atoms with Crippen LogP contribution < -0.4 is 15.2 Å². The number of hydrogen-bond acceptors (Lipinski definition) is 5. The van der Waals surface area contributed by atoms with E-state index in [1.54, 1.807) is 36.1 Å². The van der Waals surface area contributed by atoms with Crippen LogP contribution in [0.25, 0.3) is 11.0 Å². The second kappa shape index (κ2) is 7.34. The van der Waals surface area contributed by atoms with Crippen molar-refractivity contribution in [2.45, 2.75) is 24.7 Å². The van der Waals surface area contributed by atoms with Gasteiger partial charge in [0.2, 0.25) is 5.91 Å². The average Bonchev–Trinajstić information content (AvgIpc) is 3.30. The molecule has 150 valence electrons. The van der Waals surface area contributed by atoms with Crippen LogP contribution in [0.5, 0.6) is 0 Å². The van der Waals surface area contributed by atoms with Crippen LogP contribution in [0.4, 0.5) is 5.69 Å². The minimum absolute atomic E-state index is 0.0206. The van der Waals surface area contributed by atoms with Crippen molar-refractivity contribution in [2.24, 2.45) is 0 Å². The fourth-order valence-electron chi connectivity index (χ4n) is 3.35. The molecule has 1 aromatic heterocycles. The van der Waals surface area contributed by atoms with E-state index >= 15 is 0 Å². The van der Waals surface area contributed by atoms with Crippen molar-refractivity contribution in [1.82, 2.24) is 10.3 Å². The number of furan rings is 1. The van der Waals surface area contributed by atoms with Gasteiger partial charge in [0.1, 0.15) is 5.58 Å². The molecule has 0 atom stereocenters. The number of para-hydroxylation sites is 1. The smallest absolute Gasteiger partial charge is 0.302 e. The van der Waals surface area contributed by atoms with Gasteiger partial charge in [-0.25, -0.2) is 8.42 Å². The van der Waals surface area contributed by atoms with E-state index in [0.717, 1.165) is 11.8 Å². The molecule has 1 saturated heterocycles. The molecular formula is C20H19N3O5S. The third-order valence-electron chi connectivity index (χ3n) is 4.88. The van der Waals surface area contributed by atoms with E-state index < -0.39 is 15.9 Å². The topological polar surface area (TPSA) is 109 Å². The molecule has 0 aliphatic carbocycles. The maximum absolute atomic E-state index is 12.5. The number of anilines is 1. The van der Waals surface area contributed by atoms with E-state index in [1.807, 2.05) is 12.1 Å². The lowest BCUT2D eigenvalue weighted by atomic mass is 10.1. The summed E-state index contributed by atoms with van der Waals surface area (Å²) in [4.78, 5) is 27.9. The predicted octanol–water partition coefficient (Wildman–Crippen LogP) is 2.49. The van der Waals surface area contributed by atoms with Crippen LogP contribution in [-0.2, 0) is 14.8 Å². The summed E-state index contributed by atoms with van der Waals surface area (Å²) in [6.07, 6.45) is 1.28. The maximum Gasteiger partial charge on any atom is 0.302 e. The van der Waals surface area contributed by atoms with Crippen molar-refractivity contribution in [1.29, 1.82) is 0 Å². The molecule has 0 bridgehead atoms. The molecule has 1 aliphatic heterocycles. The number of fused-ring (bicyclic) bond motifs is 1. The lowest BCUT2D eigenvalue weighted by Crippen LogP contribution is -2.41. The minimum Gasteiger partial charge on any atom is -0.451 e. The van der Waals surface area contributed by atoms with Crippen molar-refractivity contribution in [2.75, 3.05) is 11.4 Å². The molecular weight excluding hydrogens is 394 g/mol. The molecule has 2 N–H and O–H groups in total. The third kappa shape index (κ3) is 3.62. The van der Waals surface area contributed by atoms with Crippen LogP contribution in [-0.4, -0.2) is 26.8 Å². The van der Waals surface area contributed by atoms with E-state index in [4.69, 9.17) is 4.42 Å². The zero-order chi connectivity index (χ0) is 20.6. The number of rotatable bonds is 5. The quantitative estimate of drug-likeness (QED) is 0.625. The first-order valence-electron chi connectivity index (χ1n) is 9.07. The summed E-state index contributed by atoms with van der Waals surface area (Å²) in [5, 5.41) is 0.785. The summed E-state index contributed by atoms with van der Waals surface area (Å²) < 4.78 is 30.5. The Morgan fingerprint density at radius 3 is 2.48 bits per heavy atom. The Hall–Kier alpha value is -3.17. The van der Waals surface area contributed by atoms with Crippen molar-refractivity contribution in [3.63, 3.8) is 0 Å². The summed E-state index contributed by atoms with van der Waals surface area (Å²) in [6.45, 7) is 2.35. The van der Waals surface area contributed by atoms with E-state index in [2.05, 4.69) is 10.3 Å². The Balaban J connectivity index is 1.47. The standard InChI is InChI=1S/C20H19N3O5S/c1-13-16-5-2-3-6-17(16)28-19(13)20(25)21-22-29(26,27)15-10-8-14(9-11-15)23-12-4-7-18(23)24/h2-3,5-6,8-11,22H,4,7,12H2,1H3,(H,21,25). The summed E-state index contributed by atoms with van der Waals surface area (Å²) >= 11 is 0.